The maximum atomic E-state index is 2.38. The van der Waals surface area contributed by atoms with Gasteiger partial charge in [0.1, 0.15) is 0 Å². The average molecular weight is 399 g/mol. The fourth-order valence-corrected chi connectivity index (χ4v) is 7.72. The maximum absolute atomic E-state index is 2.38. The predicted molar refractivity (Wildman–Crippen MR) is 125 cm³/mol. The molecule has 0 spiro atoms. The van der Waals surface area contributed by atoms with Crippen molar-refractivity contribution >= 4 is 11.8 Å². The fraction of sp³-hybridized carbons (Fsp3) is 0.357. The van der Waals surface area contributed by atoms with Crippen LogP contribution in [0.5, 0.6) is 0 Å². The van der Waals surface area contributed by atoms with E-state index in [-0.39, 0.29) is 0 Å². The fourth-order valence-electron chi connectivity index (χ4n) is 5.77. The zero-order valence-electron chi connectivity index (χ0n) is 17.0. The molecule has 0 N–H and O–H groups in total. The van der Waals surface area contributed by atoms with Crippen molar-refractivity contribution in [2.45, 2.75) is 48.5 Å². The molecule has 3 aromatic rings. The van der Waals surface area contributed by atoms with Crippen LogP contribution < -0.4 is 0 Å². The lowest BCUT2D eigenvalue weighted by Gasteiger charge is -2.49. The van der Waals surface area contributed by atoms with Crippen molar-refractivity contribution in [3.05, 3.63) is 108 Å². The quantitative estimate of drug-likeness (QED) is 0.434. The number of hydrogen-bond acceptors (Lipinski definition) is 1. The van der Waals surface area contributed by atoms with Gasteiger partial charge < -0.3 is 0 Å². The number of thioether (sulfide) groups is 1. The van der Waals surface area contributed by atoms with Crippen molar-refractivity contribution in [3.8, 4) is 0 Å². The highest BCUT2D eigenvalue weighted by atomic mass is 32.2. The van der Waals surface area contributed by atoms with Gasteiger partial charge in [0.25, 0.3) is 0 Å². The Morgan fingerprint density at radius 2 is 1.31 bits per heavy atom. The van der Waals surface area contributed by atoms with Crippen molar-refractivity contribution in [2.75, 3.05) is 0 Å². The van der Waals surface area contributed by atoms with Gasteiger partial charge in [-0.15, -0.1) is 0 Å². The van der Waals surface area contributed by atoms with Gasteiger partial charge in [0, 0.05) is 10.5 Å². The highest BCUT2D eigenvalue weighted by Gasteiger charge is 2.44. The van der Waals surface area contributed by atoms with Gasteiger partial charge in [0.2, 0.25) is 0 Å². The second-order valence-electron chi connectivity index (χ2n) is 8.78. The van der Waals surface area contributed by atoms with Crippen LogP contribution in [-0.2, 0) is 6.42 Å². The van der Waals surface area contributed by atoms with E-state index < -0.39 is 0 Å². The summed E-state index contributed by atoms with van der Waals surface area (Å²) >= 11 is 2.28. The molecule has 5 rings (SSSR count). The van der Waals surface area contributed by atoms with Gasteiger partial charge in [0.15, 0.2) is 0 Å². The molecule has 1 heterocycles. The number of fused-ring (bicyclic) bond motifs is 1. The van der Waals surface area contributed by atoms with Crippen molar-refractivity contribution in [1.82, 2.24) is 0 Å². The van der Waals surface area contributed by atoms with Crippen LogP contribution in [0.4, 0.5) is 0 Å². The zero-order chi connectivity index (χ0) is 19.5. The summed E-state index contributed by atoms with van der Waals surface area (Å²) in [6, 6.07) is 33.8. The Morgan fingerprint density at radius 1 is 0.690 bits per heavy atom. The Labute approximate surface area is 179 Å². The summed E-state index contributed by atoms with van der Waals surface area (Å²) in [6.45, 7) is 0. The van der Waals surface area contributed by atoms with Gasteiger partial charge in [-0.1, -0.05) is 97.4 Å². The first-order valence-corrected chi connectivity index (χ1v) is 12.1. The first-order valence-electron chi connectivity index (χ1n) is 11.2. The zero-order valence-corrected chi connectivity index (χ0v) is 17.8. The molecule has 2 aliphatic rings. The molecule has 1 saturated carbocycles. The lowest BCUT2D eigenvalue weighted by Crippen LogP contribution is -2.40. The van der Waals surface area contributed by atoms with E-state index in [0.717, 1.165) is 17.1 Å². The van der Waals surface area contributed by atoms with Crippen LogP contribution in [0.3, 0.4) is 0 Å². The predicted octanol–water partition coefficient (Wildman–Crippen LogP) is 7.68. The molecule has 1 aliphatic carbocycles. The topological polar surface area (TPSA) is 0 Å². The minimum Gasteiger partial charge on any atom is -0.150 e. The highest BCUT2D eigenvalue weighted by Crippen LogP contribution is 2.57. The van der Waals surface area contributed by atoms with Crippen molar-refractivity contribution in [2.24, 2.45) is 11.8 Å². The first-order chi connectivity index (χ1) is 14.4. The number of rotatable bonds is 4. The average Bonchev–Trinajstić information content (AvgIpc) is 2.80. The molecule has 5 unspecified atom stereocenters. The molecule has 1 aliphatic heterocycles. The Bertz CT molecular complexity index is 889. The normalized spacial score (nSPS) is 29.2. The van der Waals surface area contributed by atoms with Crippen LogP contribution in [-0.4, -0.2) is 5.25 Å². The third-order valence-corrected chi connectivity index (χ3v) is 8.74. The minimum absolute atomic E-state index is 0.623. The second-order valence-corrected chi connectivity index (χ2v) is 10.2. The lowest BCUT2D eigenvalue weighted by atomic mass is 9.66. The lowest BCUT2D eigenvalue weighted by molar-refractivity contribution is 0.192. The van der Waals surface area contributed by atoms with Crippen LogP contribution in [0.15, 0.2) is 91.0 Å². The summed E-state index contributed by atoms with van der Waals surface area (Å²) in [6.07, 6.45) is 6.66. The van der Waals surface area contributed by atoms with Crippen LogP contribution in [0.2, 0.25) is 0 Å². The molecule has 0 nitrogen and oxygen atoms in total. The van der Waals surface area contributed by atoms with Gasteiger partial charge in [-0.2, -0.15) is 11.8 Å². The van der Waals surface area contributed by atoms with Gasteiger partial charge in [-0.3, -0.25) is 0 Å². The van der Waals surface area contributed by atoms with E-state index in [2.05, 4.69) is 103 Å². The Kier molecular flexibility index (Phi) is 5.76. The van der Waals surface area contributed by atoms with E-state index in [0.29, 0.717) is 11.2 Å². The molecule has 3 aromatic carbocycles. The summed E-state index contributed by atoms with van der Waals surface area (Å²) in [5, 5.41) is 1.40. The van der Waals surface area contributed by atoms with Gasteiger partial charge in [0.05, 0.1) is 0 Å². The molecule has 5 atom stereocenters. The van der Waals surface area contributed by atoms with Crippen LogP contribution in [0, 0.1) is 11.8 Å². The first kappa shape index (κ1) is 19.0. The summed E-state index contributed by atoms with van der Waals surface area (Å²) in [4.78, 5) is 0. The molecule has 1 saturated heterocycles. The maximum Gasteiger partial charge on any atom is 0.0306 e. The van der Waals surface area contributed by atoms with Crippen molar-refractivity contribution < 1.29 is 0 Å². The van der Waals surface area contributed by atoms with E-state index in [9.17, 15) is 0 Å². The second kappa shape index (κ2) is 8.79. The molecule has 0 amide bonds. The minimum atomic E-state index is 0.623. The van der Waals surface area contributed by atoms with Gasteiger partial charge in [-0.25, -0.2) is 0 Å². The molecule has 2 fully saturated rings. The highest BCUT2D eigenvalue weighted by molar-refractivity contribution is 8.00. The summed E-state index contributed by atoms with van der Waals surface area (Å²) in [5.41, 5.74) is 4.59. The third kappa shape index (κ3) is 4.16. The van der Waals surface area contributed by atoms with E-state index in [4.69, 9.17) is 0 Å². The summed E-state index contributed by atoms with van der Waals surface area (Å²) in [7, 11) is 0. The third-order valence-electron chi connectivity index (χ3n) is 7.05. The number of benzene rings is 3. The standard InChI is InChI=1S/C28H30S/c1-4-11-21(12-5-1)19-24-17-10-18-26-28(24)25(22-13-6-2-7-14-22)20-27(29-26)23-15-8-3-9-16-23/h1-9,11-16,24-28H,10,17-20H2. The monoisotopic (exact) mass is 398 g/mol. The number of hydrogen-bond donors (Lipinski definition) is 0. The summed E-state index contributed by atoms with van der Waals surface area (Å²) < 4.78 is 0. The molecule has 148 valence electrons. The molecule has 29 heavy (non-hydrogen) atoms. The van der Waals surface area contributed by atoms with Crippen molar-refractivity contribution in [3.63, 3.8) is 0 Å². The summed E-state index contributed by atoms with van der Waals surface area (Å²) in [5.74, 6) is 2.25. The van der Waals surface area contributed by atoms with Crippen LogP contribution in [0.25, 0.3) is 0 Å². The Hall–Kier alpha value is -1.99. The SMILES string of the molecule is c1ccc(CC2CCCC3SC(c4ccccc4)CC(c4ccccc4)C23)cc1. The Morgan fingerprint density at radius 3 is 2.00 bits per heavy atom. The van der Waals surface area contributed by atoms with Gasteiger partial charge in [-0.05, 0) is 60.1 Å². The van der Waals surface area contributed by atoms with E-state index in [1.807, 2.05) is 0 Å². The van der Waals surface area contributed by atoms with Gasteiger partial charge >= 0.3 is 0 Å². The van der Waals surface area contributed by atoms with Crippen LogP contribution in [0.1, 0.15) is 53.5 Å². The largest absolute Gasteiger partial charge is 0.150 e. The Balaban J connectivity index is 1.47. The molecular formula is C28H30S. The van der Waals surface area contributed by atoms with Crippen molar-refractivity contribution in [1.29, 1.82) is 0 Å². The molecule has 1 heteroatoms. The van der Waals surface area contributed by atoms with E-state index >= 15 is 0 Å². The van der Waals surface area contributed by atoms with E-state index in [1.165, 1.54) is 43.2 Å². The molecule has 0 aromatic heterocycles. The van der Waals surface area contributed by atoms with E-state index in [1.54, 1.807) is 5.56 Å². The smallest absolute Gasteiger partial charge is 0.0306 e. The molecule has 0 radical (unpaired) electrons. The molecular weight excluding hydrogens is 368 g/mol. The molecule has 0 bridgehead atoms. The van der Waals surface area contributed by atoms with Crippen LogP contribution >= 0.6 is 11.8 Å².